The Morgan fingerprint density at radius 1 is 0.537 bits per heavy atom. The molecule has 41 heavy (non-hydrogen) atoms. The monoisotopic (exact) mass is 638 g/mol. The third kappa shape index (κ3) is 2.92. The summed E-state index contributed by atoms with van der Waals surface area (Å²) in [6.45, 7) is 0. The van der Waals surface area contributed by atoms with Gasteiger partial charge in [0.15, 0.2) is 0 Å². The van der Waals surface area contributed by atoms with E-state index in [1.807, 2.05) is 0 Å². The molecule has 194 valence electrons. The van der Waals surface area contributed by atoms with Crippen molar-refractivity contribution in [2.45, 2.75) is 6.17 Å². The number of benzene rings is 4. The number of hydrogen-bond donors (Lipinski definition) is 5. The van der Waals surface area contributed by atoms with Crippen LogP contribution in [-0.2, 0) is 0 Å². The van der Waals surface area contributed by atoms with Crippen LogP contribution in [0.15, 0.2) is 102 Å². The first kappa shape index (κ1) is 21.9. The first-order valence-corrected chi connectivity index (χ1v) is 16.3. The summed E-state index contributed by atoms with van der Waals surface area (Å²) in [5, 5.41) is 22.5. The summed E-state index contributed by atoms with van der Waals surface area (Å²) in [6.07, 6.45) is -0.186. The number of nitrogens with one attached hydrogen (secondary N) is 5. The van der Waals surface area contributed by atoms with Crippen molar-refractivity contribution in [3.8, 4) is 0 Å². The van der Waals surface area contributed by atoms with Crippen molar-refractivity contribution in [1.29, 1.82) is 0 Å². The number of aromatic nitrogens is 3. The number of amidine groups is 1. The van der Waals surface area contributed by atoms with Crippen molar-refractivity contribution in [3.05, 3.63) is 108 Å². The van der Waals surface area contributed by atoms with E-state index < -0.39 is 21.7 Å². The van der Waals surface area contributed by atoms with Gasteiger partial charge in [-0.15, -0.1) is 0 Å². The Morgan fingerprint density at radius 2 is 1.02 bits per heavy atom. The molecular weight excluding hydrogens is 615 g/mol. The average Bonchev–Trinajstić information content (AvgIpc) is 3.72. The van der Waals surface area contributed by atoms with Crippen molar-refractivity contribution in [1.82, 2.24) is 10.6 Å². The Kier molecular flexibility index (Phi) is 4.22. The van der Waals surface area contributed by atoms with Gasteiger partial charge >= 0.3 is 246 Å². The molecule has 10 rings (SSSR count). The number of rotatable bonds is 0. The van der Waals surface area contributed by atoms with Gasteiger partial charge in [0.1, 0.15) is 0 Å². The third-order valence-corrected chi connectivity index (χ3v) is 12.1. The quantitative estimate of drug-likeness (QED) is 0.115. The van der Waals surface area contributed by atoms with Crippen LogP contribution in [0.2, 0.25) is 0 Å². The molecule has 0 saturated carbocycles. The van der Waals surface area contributed by atoms with Crippen LogP contribution in [0.1, 0.15) is 17.3 Å². The van der Waals surface area contributed by atoms with Gasteiger partial charge in [-0.05, 0) is 0 Å². The summed E-state index contributed by atoms with van der Waals surface area (Å²) in [5.41, 5.74) is 2.31. The van der Waals surface area contributed by atoms with E-state index in [9.17, 15) is 0 Å². The molecule has 9 heteroatoms. The Hall–Kier alpha value is -4.83. The number of hydrogen-bond acceptors (Lipinski definition) is 5. The van der Waals surface area contributed by atoms with Crippen LogP contribution in [0.4, 0.5) is 34.9 Å². The first-order valence-electron chi connectivity index (χ1n) is 13.7. The fourth-order valence-corrected chi connectivity index (χ4v) is 10.3. The molecule has 0 fully saturated rings. The van der Waals surface area contributed by atoms with Gasteiger partial charge in [-0.2, -0.15) is 0 Å². The Morgan fingerprint density at radius 3 is 1.66 bits per heavy atom. The van der Waals surface area contributed by atoms with Crippen LogP contribution in [-0.4, -0.2) is 38.1 Å². The second-order valence-electron chi connectivity index (χ2n) is 10.7. The maximum absolute atomic E-state index is 5.23. The molecule has 6 bridgehead atoms. The molecule has 0 spiro atoms. The van der Waals surface area contributed by atoms with Gasteiger partial charge in [-0.1, -0.05) is 0 Å². The standard InChI is InChI=1S/C32H22N8.Sn/c1-2-10-18-17(9-1)25-33-26(18)38-28-21-13-5-6-14-22(21)30(35-28)40-32-24-16-8-7-15-23(24)31(36-32)39-29-20-12-4-3-11-19(20)27(34-29)37-25;/h1-16,25,36-37,39-40H,(H,33,38);/q-2;+2/t25-;/m0./s1. The molecule has 7 aromatic rings. The van der Waals surface area contributed by atoms with Crippen LogP contribution in [0.3, 0.4) is 0 Å². The summed E-state index contributed by atoms with van der Waals surface area (Å²) >= 11 is -1.59. The van der Waals surface area contributed by atoms with Gasteiger partial charge in [-0.3, -0.25) is 0 Å². The zero-order valence-corrected chi connectivity index (χ0v) is 24.5. The summed E-state index contributed by atoms with van der Waals surface area (Å²) in [6, 6.07) is 34.5. The van der Waals surface area contributed by atoms with Crippen molar-refractivity contribution in [2.75, 3.05) is 21.3 Å². The summed E-state index contributed by atoms with van der Waals surface area (Å²) in [5.74, 6) is 7.24. The number of aliphatic imine (C=N–C) groups is 1. The molecule has 5 N–H and O–H groups in total. The molecule has 1 atom stereocenters. The van der Waals surface area contributed by atoms with Gasteiger partial charge in [0.05, 0.1) is 0 Å². The predicted octanol–water partition coefficient (Wildman–Crippen LogP) is 7.10. The van der Waals surface area contributed by atoms with Crippen LogP contribution in [0.5, 0.6) is 0 Å². The molecule has 6 heterocycles. The summed E-state index contributed by atoms with van der Waals surface area (Å²) in [7, 11) is 0. The van der Waals surface area contributed by atoms with Crippen LogP contribution in [0.25, 0.3) is 32.3 Å². The van der Waals surface area contributed by atoms with Crippen molar-refractivity contribution in [2.24, 2.45) is 4.99 Å². The summed E-state index contributed by atoms with van der Waals surface area (Å²) in [4.78, 5) is 8.93. The van der Waals surface area contributed by atoms with E-state index in [0.717, 1.165) is 57.1 Å². The van der Waals surface area contributed by atoms with E-state index in [0.29, 0.717) is 0 Å². The predicted molar refractivity (Wildman–Crippen MR) is 168 cm³/mol. The van der Waals surface area contributed by atoms with Gasteiger partial charge in [0.25, 0.3) is 0 Å². The topological polar surface area (TPSA) is 86.1 Å². The Balaban J connectivity index is 1.37. The molecule has 0 unspecified atom stereocenters. The number of H-pyrrole nitrogens is 1. The Bertz CT molecular complexity index is 2270. The van der Waals surface area contributed by atoms with Crippen molar-refractivity contribution >= 4 is 94.7 Å². The van der Waals surface area contributed by atoms with E-state index in [2.05, 4.69) is 129 Å². The zero-order valence-electron chi connectivity index (χ0n) is 21.7. The van der Waals surface area contributed by atoms with Gasteiger partial charge < -0.3 is 0 Å². The molecule has 4 aromatic carbocycles. The van der Waals surface area contributed by atoms with Crippen LogP contribution in [0, 0.1) is 0 Å². The molecule has 0 saturated heterocycles. The summed E-state index contributed by atoms with van der Waals surface area (Å²) < 4.78 is 5.03. The van der Waals surface area contributed by atoms with E-state index in [1.54, 1.807) is 0 Å². The first-order chi connectivity index (χ1) is 20.3. The van der Waals surface area contributed by atoms with E-state index in [-0.39, 0.29) is 6.17 Å². The van der Waals surface area contributed by atoms with Gasteiger partial charge in [-0.25, -0.2) is 0 Å². The maximum atomic E-state index is 5.23. The SMILES string of the molecule is c1ccc2c(c1)C1=N[C@H]2Nc2c3ccccc3c3[n]2[Sn][n]2c(c4ccccc4c2Nc2[nH]c(c4ccccc24)N3)N1. The van der Waals surface area contributed by atoms with Crippen LogP contribution >= 0.6 is 0 Å². The molecule has 3 aliphatic rings. The fraction of sp³-hybridized carbons (Fsp3) is 0.0312. The molecule has 8 nitrogen and oxygen atoms in total. The second kappa shape index (κ2) is 7.88. The number of fused-ring (bicyclic) bond motifs is 15. The molecule has 3 aliphatic heterocycles. The minimum atomic E-state index is -1.59. The van der Waals surface area contributed by atoms with Gasteiger partial charge in [0, 0.05) is 0 Å². The normalized spacial score (nSPS) is 16.4. The molecule has 0 amide bonds. The van der Waals surface area contributed by atoms with Crippen molar-refractivity contribution < 1.29 is 0 Å². The van der Waals surface area contributed by atoms with Crippen LogP contribution < -0.4 is 21.3 Å². The number of anilines is 6. The Labute approximate surface area is 245 Å². The second-order valence-corrected chi connectivity index (χ2v) is 13.8. The minimum absolute atomic E-state index is 0.186. The average molecular weight is 637 g/mol. The number of aromatic amines is 1. The molecule has 2 radical (unpaired) electrons. The van der Waals surface area contributed by atoms with Crippen molar-refractivity contribution in [3.63, 3.8) is 0 Å². The molecule has 3 aromatic heterocycles. The van der Waals surface area contributed by atoms with Gasteiger partial charge in [0.2, 0.25) is 0 Å². The van der Waals surface area contributed by atoms with E-state index >= 15 is 0 Å². The van der Waals surface area contributed by atoms with E-state index in [1.165, 1.54) is 27.1 Å². The fourth-order valence-electron chi connectivity index (χ4n) is 6.59. The third-order valence-electron chi connectivity index (χ3n) is 8.45. The number of nitrogens with zero attached hydrogens (tertiary/aromatic N) is 3. The molecule has 0 aliphatic carbocycles. The van der Waals surface area contributed by atoms with E-state index in [4.69, 9.17) is 4.99 Å². The molecular formula is C32H22N8Sn. The zero-order chi connectivity index (χ0) is 26.7.